The van der Waals surface area contributed by atoms with E-state index in [1.54, 1.807) is 6.20 Å². The van der Waals surface area contributed by atoms with Gasteiger partial charge in [-0.2, -0.15) is 0 Å². The summed E-state index contributed by atoms with van der Waals surface area (Å²) >= 11 is 0. The highest BCUT2D eigenvalue weighted by Crippen LogP contribution is 2.09. The Kier molecular flexibility index (Phi) is 7.14. The topological polar surface area (TPSA) is 83.1 Å². The first-order valence-corrected chi connectivity index (χ1v) is 8.77. The second-order valence-electron chi connectivity index (χ2n) is 6.55. The van der Waals surface area contributed by atoms with E-state index in [9.17, 15) is 9.59 Å². The fourth-order valence-electron chi connectivity index (χ4n) is 2.45. The molecule has 2 aromatic rings. The van der Waals surface area contributed by atoms with Gasteiger partial charge in [0.2, 0.25) is 5.91 Å². The van der Waals surface area contributed by atoms with Crippen molar-refractivity contribution in [1.82, 2.24) is 15.6 Å². The summed E-state index contributed by atoms with van der Waals surface area (Å²) in [6, 6.07) is 12.2. The molecule has 1 heterocycles. The molecule has 3 amide bonds. The normalized spacial score (nSPS) is 11.7. The van der Waals surface area contributed by atoms with Crippen LogP contribution in [0, 0.1) is 12.8 Å². The molecule has 1 aromatic heterocycles. The Hall–Kier alpha value is -2.89. The molecule has 0 aliphatic rings. The minimum atomic E-state index is -0.607. The van der Waals surface area contributed by atoms with Crippen LogP contribution in [0.3, 0.4) is 0 Å². The minimum absolute atomic E-state index is 0.0337. The number of anilines is 1. The van der Waals surface area contributed by atoms with E-state index < -0.39 is 12.1 Å². The number of rotatable bonds is 7. The fourth-order valence-corrected chi connectivity index (χ4v) is 2.45. The quantitative estimate of drug-likeness (QED) is 0.715. The summed E-state index contributed by atoms with van der Waals surface area (Å²) in [6.07, 6.45) is 2.37. The number of pyridine rings is 1. The van der Waals surface area contributed by atoms with Gasteiger partial charge in [0.05, 0.1) is 0 Å². The van der Waals surface area contributed by atoms with Crippen LogP contribution in [0.1, 0.15) is 25.1 Å². The maximum Gasteiger partial charge on any atom is 0.319 e. The predicted molar refractivity (Wildman–Crippen MR) is 103 cm³/mol. The van der Waals surface area contributed by atoms with Crippen LogP contribution in [0.4, 0.5) is 10.5 Å². The van der Waals surface area contributed by atoms with Crippen LogP contribution >= 0.6 is 0 Å². The Bertz CT molecular complexity index is 714. The second kappa shape index (κ2) is 9.56. The van der Waals surface area contributed by atoms with Crippen LogP contribution in [0.15, 0.2) is 48.7 Å². The molecule has 6 heteroatoms. The molecule has 0 saturated carbocycles. The molecule has 0 bridgehead atoms. The molecule has 0 aliphatic heterocycles. The lowest BCUT2D eigenvalue weighted by Crippen LogP contribution is -2.51. The van der Waals surface area contributed by atoms with Crippen molar-refractivity contribution in [3.63, 3.8) is 0 Å². The molecule has 1 atom stereocenters. The summed E-state index contributed by atoms with van der Waals surface area (Å²) in [6.45, 7) is 6.25. The summed E-state index contributed by atoms with van der Waals surface area (Å²) < 4.78 is 0. The maximum absolute atomic E-state index is 12.4. The van der Waals surface area contributed by atoms with Crippen molar-refractivity contribution in [1.29, 1.82) is 0 Å². The number of aryl methyl sites for hydroxylation is 1. The molecule has 0 radical (unpaired) electrons. The van der Waals surface area contributed by atoms with Gasteiger partial charge in [-0.25, -0.2) is 4.79 Å². The van der Waals surface area contributed by atoms with Crippen molar-refractivity contribution < 1.29 is 9.59 Å². The molecule has 2 rings (SSSR count). The van der Waals surface area contributed by atoms with E-state index >= 15 is 0 Å². The number of aromatic nitrogens is 1. The summed E-state index contributed by atoms with van der Waals surface area (Å²) in [5.41, 5.74) is 2.72. The van der Waals surface area contributed by atoms with Gasteiger partial charge in [0.1, 0.15) is 6.04 Å². The zero-order valence-corrected chi connectivity index (χ0v) is 15.5. The average molecular weight is 354 g/mol. The zero-order valence-electron chi connectivity index (χ0n) is 15.5. The lowest BCUT2D eigenvalue weighted by atomic mass is 10.0. The van der Waals surface area contributed by atoms with E-state index in [-0.39, 0.29) is 11.8 Å². The first-order chi connectivity index (χ1) is 12.5. The van der Waals surface area contributed by atoms with Gasteiger partial charge in [0, 0.05) is 30.5 Å². The molecule has 0 saturated heterocycles. The van der Waals surface area contributed by atoms with Crippen molar-refractivity contribution in [2.75, 3.05) is 11.9 Å². The number of amides is 3. The lowest BCUT2D eigenvalue weighted by Gasteiger charge is -2.22. The number of carbonyl (C=O) groups excluding carboxylic acids is 2. The Morgan fingerprint density at radius 1 is 1.08 bits per heavy atom. The Balaban J connectivity index is 1.85. The molecule has 6 nitrogen and oxygen atoms in total. The van der Waals surface area contributed by atoms with E-state index in [2.05, 4.69) is 20.9 Å². The van der Waals surface area contributed by atoms with Crippen LogP contribution in [0.5, 0.6) is 0 Å². The van der Waals surface area contributed by atoms with Crippen molar-refractivity contribution in [3.8, 4) is 0 Å². The Labute approximate surface area is 154 Å². The van der Waals surface area contributed by atoms with Crippen LogP contribution < -0.4 is 16.0 Å². The first-order valence-electron chi connectivity index (χ1n) is 8.77. The largest absolute Gasteiger partial charge is 0.354 e. The number of carbonyl (C=O) groups is 2. The molecular weight excluding hydrogens is 328 g/mol. The van der Waals surface area contributed by atoms with E-state index in [1.807, 2.05) is 63.2 Å². The maximum atomic E-state index is 12.4. The molecule has 138 valence electrons. The molecule has 1 unspecified atom stereocenters. The predicted octanol–water partition coefficient (Wildman–Crippen LogP) is 2.90. The van der Waals surface area contributed by atoms with Gasteiger partial charge in [-0.1, -0.05) is 37.6 Å². The van der Waals surface area contributed by atoms with Crippen LogP contribution in [-0.2, 0) is 11.2 Å². The Morgan fingerprint density at radius 2 is 1.81 bits per heavy atom. The molecule has 0 fully saturated rings. The van der Waals surface area contributed by atoms with Gasteiger partial charge in [0.25, 0.3) is 0 Å². The monoisotopic (exact) mass is 354 g/mol. The fraction of sp³-hybridized carbons (Fsp3) is 0.350. The summed E-state index contributed by atoms with van der Waals surface area (Å²) in [5.74, 6) is -0.233. The third-order valence-electron chi connectivity index (χ3n) is 3.95. The highest BCUT2D eigenvalue weighted by molar-refractivity contribution is 5.93. The third-order valence-corrected chi connectivity index (χ3v) is 3.95. The smallest absolute Gasteiger partial charge is 0.319 e. The van der Waals surface area contributed by atoms with Crippen LogP contribution in [-0.4, -0.2) is 29.5 Å². The van der Waals surface area contributed by atoms with Crippen LogP contribution in [0.25, 0.3) is 0 Å². The van der Waals surface area contributed by atoms with Crippen LogP contribution in [0.2, 0.25) is 0 Å². The van der Waals surface area contributed by atoms with Crippen molar-refractivity contribution >= 4 is 17.6 Å². The van der Waals surface area contributed by atoms with E-state index in [4.69, 9.17) is 0 Å². The SMILES string of the molecule is Cc1ccc(NC(=O)NC(C(=O)NCCc2ccccn2)C(C)C)cc1. The molecule has 26 heavy (non-hydrogen) atoms. The number of nitrogens with one attached hydrogen (secondary N) is 3. The third kappa shape index (κ3) is 6.20. The van der Waals surface area contributed by atoms with Crippen molar-refractivity contribution in [2.24, 2.45) is 5.92 Å². The first kappa shape index (κ1) is 19.4. The van der Waals surface area contributed by atoms with Gasteiger partial charge in [-0.15, -0.1) is 0 Å². The van der Waals surface area contributed by atoms with Gasteiger partial charge in [0.15, 0.2) is 0 Å². The highest BCUT2D eigenvalue weighted by Gasteiger charge is 2.23. The Morgan fingerprint density at radius 3 is 2.42 bits per heavy atom. The van der Waals surface area contributed by atoms with E-state index in [1.165, 1.54) is 0 Å². The van der Waals surface area contributed by atoms with Gasteiger partial charge in [-0.05, 0) is 37.1 Å². The highest BCUT2D eigenvalue weighted by atomic mass is 16.2. The van der Waals surface area contributed by atoms with E-state index in [0.717, 1.165) is 11.3 Å². The number of hydrogen-bond acceptors (Lipinski definition) is 3. The number of urea groups is 1. The number of hydrogen-bond donors (Lipinski definition) is 3. The zero-order chi connectivity index (χ0) is 18.9. The van der Waals surface area contributed by atoms with E-state index in [0.29, 0.717) is 18.7 Å². The summed E-state index contributed by atoms with van der Waals surface area (Å²) in [4.78, 5) is 28.9. The summed E-state index contributed by atoms with van der Waals surface area (Å²) in [7, 11) is 0. The average Bonchev–Trinajstić information content (AvgIpc) is 2.62. The summed E-state index contributed by atoms with van der Waals surface area (Å²) in [5, 5.41) is 8.37. The molecule has 1 aromatic carbocycles. The van der Waals surface area contributed by atoms with Crippen molar-refractivity contribution in [3.05, 3.63) is 59.9 Å². The molecular formula is C20H26N4O2. The standard InChI is InChI=1S/C20H26N4O2/c1-14(2)18(19(25)22-13-11-16-6-4-5-12-21-16)24-20(26)23-17-9-7-15(3)8-10-17/h4-10,12,14,18H,11,13H2,1-3H3,(H,22,25)(H2,23,24,26). The number of benzene rings is 1. The lowest BCUT2D eigenvalue weighted by molar-refractivity contribution is -0.123. The molecule has 0 spiro atoms. The number of nitrogens with zero attached hydrogens (tertiary/aromatic N) is 1. The van der Waals surface area contributed by atoms with Gasteiger partial charge in [-0.3, -0.25) is 9.78 Å². The van der Waals surface area contributed by atoms with Gasteiger partial charge >= 0.3 is 6.03 Å². The second-order valence-corrected chi connectivity index (χ2v) is 6.55. The van der Waals surface area contributed by atoms with Crippen molar-refractivity contribution in [2.45, 2.75) is 33.2 Å². The van der Waals surface area contributed by atoms with Gasteiger partial charge < -0.3 is 16.0 Å². The minimum Gasteiger partial charge on any atom is -0.354 e. The molecule has 0 aliphatic carbocycles. The molecule has 3 N–H and O–H groups in total.